The van der Waals surface area contributed by atoms with Crippen LogP contribution in [0.25, 0.3) is 0 Å². The molecule has 0 radical (unpaired) electrons. The van der Waals surface area contributed by atoms with Gasteiger partial charge in [0.05, 0.1) is 5.56 Å². The zero-order valence-corrected chi connectivity index (χ0v) is 10.9. The first-order valence-electron chi connectivity index (χ1n) is 5.58. The van der Waals surface area contributed by atoms with Crippen molar-refractivity contribution in [3.05, 3.63) is 46.3 Å². The Kier molecular flexibility index (Phi) is 4.11. The van der Waals surface area contributed by atoms with Gasteiger partial charge >= 0.3 is 0 Å². The lowest BCUT2D eigenvalue weighted by molar-refractivity contribution is 0.0950. The molecular formula is C12H11ClFN3O2. The molecule has 0 saturated carbocycles. The summed E-state index contributed by atoms with van der Waals surface area (Å²) in [5, 5.41) is 6.56. The molecule has 0 unspecified atom stereocenters. The predicted octanol–water partition coefficient (Wildman–Crippen LogP) is 2.14. The summed E-state index contributed by atoms with van der Waals surface area (Å²) < 4.78 is 18.2. The highest BCUT2D eigenvalue weighted by atomic mass is 35.5. The van der Waals surface area contributed by atoms with E-state index >= 15 is 0 Å². The van der Waals surface area contributed by atoms with Crippen molar-refractivity contribution >= 4 is 17.5 Å². The summed E-state index contributed by atoms with van der Waals surface area (Å²) in [7, 11) is 0. The lowest BCUT2D eigenvalue weighted by atomic mass is 10.2. The Labute approximate surface area is 113 Å². The molecule has 1 heterocycles. The normalized spacial score (nSPS) is 10.5. The third kappa shape index (κ3) is 3.51. The molecule has 1 aromatic heterocycles. The van der Waals surface area contributed by atoms with Crippen LogP contribution in [0, 0.1) is 12.7 Å². The van der Waals surface area contributed by atoms with Crippen LogP contribution in [-0.2, 0) is 6.42 Å². The van der Waals surface area contributed by atoms with Crippen molar-refractivity contribution < 1.29 is 13.7 Å². The van der Waals surface area contributed by atoms with E-state index in [4.69, 9.17) is 16.1 Å². The molecule has 0 aliphatic carbocycles. The van der Waals surface area contributed by atoms with Crippen LogP contribution in [0.2, 0.25) is 5.02 Å². The maximum atomic E-state index is 13.4. The van der Waals surface area contributed by atoms with Gasteiger partial charge in [-0.3, -0.25) is 4.79 Å². The molecule has 5 nitrogen and oxygen atoms in total. The number of halogens is 2. The highest BCUT2D eigenvalue weighted by Crippen LogP contribution is 2.14. The molecule has 0 aliphatic rings. The molecule has 0 saturated heterocycles. The van der Waals surface area contributed by atoms with Gasteiger partial charge in [-0.15, -0.1) is 0 Å². The second-order valence-electron chi connectivity index (χ2n) is 3.86. The maximum Gasteiger partial charge on any atom is 0.254 e. The highest BCUT2D eigenvalue weighted by Gasteiger charge is 2.12. The zero-order valence-electron chi connectivity index (χ0n) is 10.1. The Morgan fingerprint density at radius 3 is 3.00 bits per heavy atom. The number of carbonyl (C=O) groups excluding carboxylic acids is 1. The number of hydrogen-bond acceptors (Lipinski definition) is 4. The van der Waals surface area contributed by atoms with Gasteiger partial charge in [0.25, 0.3) is 5.91 Å². The first-order chi connectivity index (χ1) is 9.06. The summed E-state index contributed by atoms with van der Waals surface area (Å²) in [4.78, 5) is 15.7. The number of amides is 1. The third-order valence-corrected chi connectivity index (χ3v) is 2.61. The Balaban J connectivity index is 1.92. The van der Waals surface area contributed by atoms with Gasteiger partial charge in [-0.2, -0.15) is 4.98 Å². The molecule has 2 rings (SSSR count). The summed E-state index contributed by atoms with van der Waals surface area (Å²) in [6.45, 7) is 1.96. The van der Waals surface area contributed by atoms with Crippen LogP contribution in [0.5, 0.6) is 0 Å². The molecule has 100 valence electrons. The first-order valence-corrected chi connectivity index (χ1v) is 5.96. The minimum Gasteiger partial charge on any atom is -0.351 e. The predicted molar refractivity (Wildman–Crippen MR) is 66.5 cm³/mol. The van der Waals surface area contributed by atoms with E-state index < -0.39 is 11.7 Å². The Morgan fingerprint density at radius 1 is 1.53 bits per heavy atom. The number of nitrogens with one attached hydrogen (secondary N) is 1. The fourth-order valence-electron chi connectivity index (χ4n) is 1.50. The molecule has 1 amide bonds. The van der Waals surface area contributed by atoms with Crippen molar-refractivity contribution in [2.75, 3.05) is 6.54 Å². The minimum atomic E-state index is -0.614. The Morgan fingerprint density at radius 2 is 2.32 bits per heavy atom. The standard InChI is InChI=1S/C12H11ClFN3O2/c1-7-16-11(17-19-7)4-5-15-12(18)9-6-8(13)2-3-10(9)14/h2-3,6H,4-5H2,1H3,(H,15,18). The van der Waals surface area contributed by atoms with E-state index in [1.165, 1.54) is 12.1 Å². The lowest BCUT2D eigenvalue weighted by Gasteiger charge is -2.05. The quantitative estimate of drug-likeness (QED) is 0.933. The minimum absolute atomic E-state index is 0.0863. The smallest absolute Gasteiger partial charge is 0.254 e. The van der Waals surface area contributed by atoms with Crippen LogP contribution in [0.1, 0.15) is 22.1 Å². The molecule has 0 fully saturated rings. The largest absolute Gasteiger partial charge is 0.351 e. The van der Waals surface area contributed by atoms with Crippen LogP contribution in [0.3, 0.4) is 0 Å². The van der Waals surface area contributed by atoms with E-state index in [1.54, 1.807) is 6.92 Å². The summed E-state index contributed by atoms with van der Waals surface area (Å²) in [5.41, 5.74) is -0.0863. The number of benzene rings is 1. The molecule has 7 heteroatoms. The molecule has 0 bridgehead atoms. The number of aromatic nitrogens is 2. The topological polar surface area (TPSA) is 68.0 Å². The fraction of sp³-hybridized carbons (Fsp3) is 0.250. The van der Waals surface area contributed by atoms with Crippen LogP contribution in [0.15, 0.2) is 22.7 Å². The van der Waals surface area contributed by atoms with Gasteiger partial charge in [0.1, 0.15) is 5.82 Å². The molecule has 0 atom stereocenters. The number of aryl methyl sites for hydroxylation is 1. The van der Waals surface area contributed by atoms with Crippen LogP contribution in [-0.4, -0.2) is 22.6 Å². The molecule has 2 aromatic rings. The van der Waals surface area contributed by atoms with Gasteiger partial charge in [0.2, 0.25) is 5.89 Å². The van der Waals surface area contributed by atoms with Crippen molar-refractivity contribution in [3.8, 4) is 0 Å². The number of nitrogens with zero attached hydrogens (tertiary/aromatic N) is 2. The maximum absolute atomic E-state index is 13.4. The highest BCUT2D eigenvalue weighted by molar-refractivity contribution is 6.30. The Bertz CT molecular complexity index is 600. The van der Waals surface area contributed by atoms with Gasteiger partial charge in [0.15, 0.2) is 5.82 Å². The second kappa shape index (κ2) is 5.79. The SMILES string of the molecule is Cc1nc(CCNC(=O)c2cc(Cl)ccc2F)no1. The van der Waals surface area contributed by atoms with Crippen LogP contribution >= 0.6 is 11.6 Å². The van der Waals surface area contributed by atoms with Crippen molar-refractivity contribution in [2.45, 2.75) is 13.3 Å². The van der Waals surface area contributed by atoms with E-state index in [9.17, 15) is 9.18 Å². The van der Waals surface area contributed by atoms with Gasteiger partial charge in [0, 0.05) is 24.9 Å². The van der Waals surface area contributed by atoms with E-state index in [0.717, 1.165) is 6.07 Å². The second-order valence-corrected chi connectivity index (χ2v) is 4.30. The summed E-state index contributed by atoms with van der Waals surface area (Å²) in [5.74, 6) is -0.191. The van der Waals surface area contributed by atoms with Crippen molar-refractivity contribution in [1.82, 2.24) is 15.5 Å². The van der Waals surface area contributed by atoms with Crippen molar-refractivity contribution in [3.63, 3.8) is 0 Å². The molecule has 0 spiro atoms. The molecule has 1 N–H and O–H groups in total. The van der Waals surface area contributed by atoms with Gasteiger partial charge in [-0.05, 0) is 18.2 Å². The van der Waals surface area contributed by atoms with E-state index in [2.05, 4.69) is 15.5 Å². The average Bonchev–Trinajstić information content (AvgIpc) is 2.78. The van der Waals surface area contributed by atoms with E-state index in [-0.39, 0.29) is 12.1 Å². The molecule has 1 aromatic carbocycles. The number of carbonyl (C=O) groups is 1. The summed E-state index contributed by atoms with van der Waals surface area (Å²) >= 11 is 5.71. The van der Waals surface area contributed by atoms with Gasteiger partial charge in [-0.25, -0.2) is 4.39 Å². The Hall–Kier alpha value is -1.95. The number of rotatable bonds is 4. The first kappa shape index (κ1) is 13.5. The molecular weight excluding hydrogens is 273 g/mol. The van der Waals surface area contributed by atoms with Gasteiger partial charge in [-0.1, -0.05) is 16.8 Å². The zero-order chi connectivity index (χ0) is 13.8. The third-order valence-electron chi connectivity index (χ3n) is 2.38. The van der Waals surface area contributed by atoms with Crippen molar-refractivity contribution in [1.29, 1.82) is 0 Å². The molecule has 19 heavy (non-hydrogen) atoms. The fourth-order valence-corrected chi connectivity index (χ4v) is 1.67. The van der Waals surface area contributed by atoms with Crippen LogP contribution < -0.4 is 5.32 Å². The van der Waals surface area contributed by atoms with E-state index in [1.807, 2.05) is 0 Å². The monoisotopic (exact) mass is 283 g/mol. The summed E-state index contributed by atoms with van der Waals surface area (Å²) in [6, 6.07) is 3.82. The van der Waals surface area contributed by atoms with E-state index in [0.29, 0.717) is 23.2 Å². The molecule has 0 aliphatic heterocycles. The van der Waals surface area contributed by atoms with Gasteiger partial charge < -0.3 is 9.84 Å². The number of hydrogen-bond donors (Lipinski definition) is 1. The van der Waals surface area contributed by atoms with Crippen LogP contribution in [0.4, 0.5) is 4.39 Å². The lowest BCUT2D eigenvalue weighted by Crippen LogP contribution is -2.26. The average molecular weight is 284 g/mol. The van der Waals surface area contributed by atoms with Crippen molar-refractivity contribution in [2.24, 2.45) is 0 Å². The summed E-state index contributed by atoms with van der Waals surface area (Å²) in [6.07, 6.45) is 0.408.